The first kappa shape index (κ1) is 15.0. The maximum Gasteiger partial charge on any atom is 0.239 e. The molecule has 0 radical (unpaired) electrons. The van der Waals surface area contributed by atoms with Gasteiger partial charge in [0.05, 0.1) is 5.54 Å². The van der Waals surface area contributed by atoms with Crippen LogP contribution in [0.2, 0.25) is 0 Å². The number of fused-ring (bicyclic) bond motifs is 1. The van der Waals surface area contributed by atoms with E-state index >= 15 is 0 Å². The zero-order chi connectivity index (χ0) is 15.1. The lowest BCUT2D eigenvalue weighted by Gasteiger charge is -2.45. The standard InChI is InChI=1S/C16H25N3O/c1-6-18-15(20)14-9-12-7-10(2)11(3)8-13(12)16(4,5)19(14)17/h7-8,14H,6,9,17H2,1-5H3,(H,18,20)/t14-/m0/s1. The molecule has 0 aromatic heterocycles. The zero-order valence-electron chi connectivity index (χ0n) is 13.1. The molecule has 0 bridgehead atoms. The minimum atomic E-state index is -0.345. The summed E-state index contributed by atoms with van der Waals surface area (Å²) < 4.78 is 0. The van der Waals surface area contributed by atoms with Gasteiger partial charge in [-0.05, 0) is 63.3 Å². The molecule has 0 fully saturated rings. The molecular formula is C16H25N3O. The summed E-state index contributed by atoms with van der Waals surface area (Å²) in [5.41, 5.74) is 4.64. The number of rotatable bonds is 2. The zero-order valence-corrected chi connectivity index (χ0v) is 13.1. The Morgan fingerprint density at radius 1 is 1.40 bits per heavy atom. The van der Waals surface area contributed by atoms with Gasteiger partial charge in [0.2, 0.25) is 5.91 Å². The van der Waals surface area contributed by atoms with Crippen LogP contribution in [0.4, 0.5) is 0 Å². The van der Waals surface area contributed by atoms with Gasteiger partial charge in [-0.1, -0.05) is 12.1 Å². The highest BCUT2D eigenvalue weighted by Gasteiger charge is 2.41. The Labute approximate surface area is 121 Å². The molecule has 1 aromatic rings. The lowest BCUT2D eigenvalue weighted by atomic mass is 9.79. The molecule has 1 amide bonds. The smallest absolute Gasteiger partial charge is 0.239 e. The summed E-state index contributed by atoms with van der Waals surface area (Å²) in [6.07, 6.45) is 0.669. The lowest BCUT2D eigenvalue weighted by molar-refractivity contribution is -0.129. The number of carbonyl (C=O) groups is 1. The molecule has 0 spiro atoms. The normalized spacial score (nSPS) is 21.4. The third kappa shape index (κ3) is 2.34. The highest BCUT2D eigenvalue weighted by atomic mass is 16.2. The van der Waals surface area contributed by atoms with Gasteiger partial charge in [0.1, 0.15) is 6.04 Å². The molecular weight excluding hydrogens is 250 g/mol. The van der Waals surface area contributed by atoms with Crippen molar-refractivity contribution in [1.82, 2.24) is 10.3 Å². The first-order valence-electron chi connectivity index (χ1n) is 7.21. The Kier molecular flexibility index (Phi) is 3.89. The van der Waals surface area contributed by atoms with Crippen molar-refractivity contribution in [2.75, 3.05) is 6.54 Å². The Morgan fingerprint density at radius 3 is 2.60 bits per heavy atom. The summed E-state index contributed by atoms with van der Waals surface area (Å²) in [4.78, 5) is 12.2. The van der Waals surface area contributed by atoms with E-state index in [1.165, 1.54) is 22.3 Å². The number of amides is 1. The fraction of sp³-hybridized carbons (Fsp3) is 0.562. The topological polar surface area (TPSA) is 58.4 Å². The van der Waals surface area contributed by atoms with Crippen LogP contribution < -0.4 is 11.2 Å². The van der Waals surface area contributed by atoms with Crippen molar-refractivity contribution in [3.05, 3.63) is 34.4 Å². The number of nitrogens with two attached hydrogens (primary N) is 1. The number of nitrogens with one attached hydrogen (secondary N) is 1. The quantitative estimate of drug-likeness (QED) is 0.809. The molecule has 1 aliphatic rings. The average molecular weight is 275 g/mol. The molecule has 1 heterocycles. The van der Waals surface area contributed by atoms with Crippen molar-refractivity contribution >= 4 is 5.91 Å². The summed E-state index contributed by atoms with van der Waals surface area (Å²) >= 11 is 0. The molecule has 0 aliphatic carbocycles. The Morgan fingerprint density at radius 2 is 2.00 bits per heavy atom. The predicted octanol–water partition coefficient (Wildman–Crippen LogP) is 1.78. The van der Waals surface area contributed by atoms with Crippen molar-refractivity contribution in [1.29, 1.82) is 0 Å². The van der Waals surface area contributed by atoms with Crippen LogP contribution in [-0.2, 0) is 16.8 Å². The van der Waals surface area contributed by atoms with Crippen LogP contribution >= 0.6 is 0 Å². The largest absolute Gasteiger partial charge is 0.355 e. The molecule has 0 saturated carbocycles. The molecule has 1 aromatic carbocycles. The number of likely N-dealkylation sites (N-methyl/N-ethyl adjacent to an activating group) is 1. The van der Waals surface area contributed by atoms with E-state index < -0.39 is 0 Å². The van der Waals surface area contributed by atoms with E-state index in [4.69, 9.17) is 5.84 Å². The monoisotopic (exact) mass is 275 g/mol. The highest BCUT2D eigenvalue weighted by Crippen LogP contribution is 2.37. The Bertz CT molecular complexity index is 537. The third-order valence-electron chi connectivity index (χ3n) is 4.43. The van der Waals surface area contributed by atoms with Crippen molar-refractivity contribution in [2.24, 2.45) is 5.84 Å². The molecule has 20 heavy (non-hydrogen) atoms. The predicted molar refractivity (Wildman–Crippen MR) is 81.1 cm³/mol. The molecule has 4 heteroatoms. The Hall–Kier alpha value is -1.39. The average Bonchev–Trinajstić information content (AvgIpc) is 2.37. The molecule has 1 atom stereocenters. The van der Waals surface area contributed by atoms with Crippen LogP contribution in [-0.4, -0.2) is 23.5 Å². The fourth-order valence-corrected chi connectivity index (χ4v) is 2.96. The molecule has 0 saturated heterocycles. The van der Waals surface area contributed by atoms with Crippen LogP contribution in [0.25, 0.3) is 0 Å². The van der Waals surface area contributed by atoms with Gasteiger partial charge in [0, 0.05) is 6.54 Å². The van der Waals surface area contributed by atoms with Gasteiger partial charge < -0.3 is 5.32 Å². The van der Waals surface area contributed by atoms with Gasteiger partial charge in [0.15, 0.2) is 0 Å². The lowest BCUT2D eigenvalue weighted by Crippen LogP contribution is -2.61. The maximum absolute atomic E-state index is 12.2. The fourth-order valence-electron chi connectivity index (χ4n) is 2.96. The van der Waals surface area contributed by atoms with E-state index in [2.05, 4.69) is 45.1 Å². The van der Waals surface area contributed by atoms with Crippen molar-refractivity contribution in [3.63, 3.8) is 0 Å². The van der Waals surface area contributed by atoms with Crippen LogP contribution in [0.1, 0.15) is 43.0 Å². The number of benzene rings is 1. The van der Waals surface area contributed by atoms with Crippen LogP contribution in [0.5, 0.6) is 0 Å². The second-order valence-electron chi connectivity index (χ2n) is 6.17. The molecule has 3 N–H and O–H groups in total. The molecule has 0 unspecified atom stereocenters. The van der Waals surface area contributed by atoms with Gasteiger partial charge >= 0.3 is 0 Å². The molecule has 2 rings (SSSR count). The number of hydrogen-bond acceptors (Lipinski definition) is 3. The molecule has 4 nitrogen and oxygen atoms in total. The van der Waals surface area contributed by atoms with Crippen molar-refractivity contribution < 1.29 is 4.79 Å². The van der Waals surface area contributed by atoms with Crippen LogP contribution in [0, 0.1) is 13.8 Å². The SMILES string of the molecule is CCNC(=O)[C@@H]1Cc2cc(C)c(C)cc2C(C)(C)N1N. The summed E-state index contributed by atoms with van der Waals surface area (Å²) in [5, 5.41) is 4.58. The van der Waals surface area contributed by atoms with Crippen LogP contribution in [0.15, 0.2) is 12.1 Å². The first-order valence-corrected chi connectivity index (χ1v) is 7.21. The van der Waals surface area contributed by atoms with Crippen molar-refractivity contribution in [2.45, 2.75) is 52.6 Å². The summed E-state index contributed by atoms with van der Waals surface area (Å²) in [7, 11) is 0. The van der Waals surface area contributed by atoms with E-state index in [9.17, 15) is 4.79 Å². The minimum absolute atomic E-state index is 0.00644. The van der Waals surface area contributed by atoms with E-state index in [1.54, 1.807) is 5.01 Å². The van der Waals surface area contributed by atoms with Gasteiger partial charge in [-0.15, -0.1) is 0 Å². The van der Waals surface area contributed by atoms with E-state index in [0.717, 1.165) is 0 Å². The van der Waals surface area contributed by atoms with Crippen LogP contribution in [0.3, 0.4) is 0 Å². The minimum Gasteiger partial charge on any atom is -0.355 e. The number of nitrogens with zero attached hydrogens (tertiary/aromatic N) is 1. The van der Waals surface area contributed by atoms with Gasteiger partial charge in [0.25, 0.3) is 0 Å². The van der Waals surface area contributed by atoms with E-state index in [1.807, 2.05) is 6.92 Å². The third-order valence-corrected chi connectivity index (χ3v) is 4.43. The Balaban J connectivity index is 2.47. The summed E-state index contributed by atoms with van der Waals surface area (Å²) in [6.45, 7) is 10.9. The molecule has 1 aliphatic heterocycles. The van der Waals surface area contributed by atoms with Gasteiger partial charge in [-0.25, -0.2) is 5.01 Å². The summed E-state index contributed by atoms with van der Waals surface area (Å²) in [6, 6.07) is 4.10. The second kappa shape index (κ2) is 5.19. The second-order valence-corrected chi connectivity index (χ2v) is 6.17. The number of carbonyl (C=O) groups excluding carboxylic acids is 1. The molecule has 110 valence electrons. The van der Waals surface area contributed by atoms with E-state index in [0.29, 0.717) is 13.0 Å². The van der Waals surface area contributed by atoms with E-state index in [-0.39, 0.29) is 17.5 Å². The highest BCUT2D eigenvalue weighted by molar-refractivity contribution is 5.82. The summed E-state index contributed by atoms with van der Waals surface area (Å²) in [5.74, 6) is 6.27. The van der Waals surface area contributed by atoms with Crippen molar-refractivity contribution in [3.8, 4) is 0 Å². The maximum atomic E-state index is 12.2. The van der Waals surface area contributed by atoms with Gasteiger partial charge in [-0.3, -0.25) is 10.6 Å². The number of aryl methyl sites for hydroxylation is 2. The number of hydrogen-bond donors (Lipinski definition) is 2. The van der Waals surface area contributed by atoms with Gasteiger partial charge in [-0.2, -0.15) is 0 Å². The first-order chi connectivity index (χ1) is 9.28. The number of hydrazine groups is 1.